The number of amides is 2. The predicted octanol–water partition coefficient (Wildman–Crippen LogP) is 1.63. The van der Waals surface area contributed by atoms with Crippen molar-refractivity contribution < 1.29 is 9.90 Å². The molecule has 0 fully saturated rings. The minimum atomic E-state index is -0.481. The molecule has 0 aliphatic heterocycles. The lowest BCUT2D eigenvalue weighted by atomic mass is 10.0. The van der Waals surface area contributed by atoms with Crippen LogP contribution in [0.4, 0.5) is 10.5 Å². The predicted molar refractivity (Wildman–Crippen MR) is 84.7 cm³/mol. The third-order valence-electron chi connectivity index (χ3n) is 3.30. The van der Waals surface area contributed by atoms with Crippen LogP contribution < -0.4 is 16.2 Å². The average Bonchev–Trinajstić information content (AvgIpc) is 2.52. The lowest BCUT2D eigenvalue weighted by Crippen LogP contribution is -2.35. The fraction of sp³-hybridized carbons (Fsp3) is 0.250. The van der Waals surface area contributed by atoms with Crippen LogP contribution in [0.15, 0.2) is 53.5 Å². The number of pyridine rings is 1. The Bertz CT molecular complexity index is 683. The van der Waals surface area contributed by atoms with E-state index < -0.39 is 6.03 Å². The summed E-state index contributed by atoms with van der Waals surface area (Å²) in [7, 11) is 1.62. The van der Waals surface area contributed by atoms with E-state index in [1.165, 1.54) is 4.57 Å². The first-order valence-electron chi connectivity index (χ1n) is 7.01. The summed E-state index contributed by atoms with van der Waals surface area (Å²) in [6.07, 6.45) is 2.01. The van der Waals surface area contributed by atoms with E-state index in [-0.39, 0.29) is 23.9 Å². The summed E-state index contributed by atoms with van der Waals surface area (Å²) < 4.78 is 1.39. The summed E-state index contributed by atoms with van der Waals surface area (Å²) in [5, 5.41) is 14.5. The van der Waals surface area contributed by atoms with Gasteiger partial charge >= 0.3 is 6.03 Å². The highest BCUT2D eigenvalue weighted by molar-refractivity contribution is 5.89. The van der Waals surface area contributed by atoms with Crippen LogP contribution in [-0.4, -0.2) is 22.3 Å². The number of aliphatic hydroxyl groups excluding tert-OH is 1. The molecule has 6 heteroatoms. The van der Waals surface area contributed by atoms with E-state index in [4.69, 9.17) is 5.11 Å². The van der Waals surface area contributed by atoms with Gasteiger partial charge in [-0.3, -0.25) is 4.79 Å². The number of urea groups is 1. The standard InChI is InChI=1S/C16H19N3O3/c1-19-10-5-8-14(15(19)21)18-16(22)17-13(9-11-20)12-6-3-2-4-7-12/h2-8,10,13,20H,9,11H2,1H3,(H2,17,18,22)/t13-/m1/s1. The molecule has 2 amide bonds. The molecular weight excluding hydrogens is 282 g/mol. The lowest BCUT2D eigenvalue weighted by Gasteiger charge is -2.18. The van der Waals surface area contributed by atoms with Gasteiger partial charge in [0, 0.05) is 19.9 Å². The number of aromatic nitrogens is 1. The second kappa shape index (κ2) is 7.42. The summed E-state index contributed by atoms with van der Waals surface area (Å²) in [5.41, 5.74) is 0.821. The molecule has 1 aromatic heterocycles. The SMILES string of the molecule is Cn1cccc(NC(=O)N[C@H](CCO)c2ccccc2)c1=O. The number of nitrogens with zero attached hydrogens (tertiary/aromatic N) is 1. The Morgan fingerprint density at radius 1 is 1.23 bits per heavy atom. The molecule has 0 unspecified atom stereocenters. The van der Waals surface area contributed by atoms with Crippen LogP contribution in [0.2, 0.25) is 0 Å². The summed E-state index contributed by atoms with van der Waals surface area (Å²) in [4.78, 5) is 23.9. The van der Waals surface area contributed by atoms with E-state index in [1.807, 2.05) is 30.3 Å². The molecule has 1 aromatic carbocycles. The van der Waals surface area contributed by atoms with E-state index in [0.29, 0.717) is 6.42 Å². The number of anilines is 1. The first-order valence-corrected chi connectivity index (χ1v) is 7.01. The third kappa shape index (κ3) is 3.95. The molecule has 1 atom stereocenters. The number of hydrogen-bond donors (Lipinski definition) is 3. The maximum absolute atomic E-state index is 12.1. The number of aryl methyl sites for hydroxylation is 1. The monoisotopic (exact) mass is 301 g/mol. The van der Waals surface area contributed by atoms with Crippen molar-refractivity contribution in [3.05, 3.63) is 64.6 Å². The van der Waals surface area contributed by atoms with Crippen molar-refractivity contribution in [3.63, 3.8) is 0 Å². The third-order valence-corrected chi connectivity index (χ3v) is 3.30. The molecule has 6 nitrogen and oxygen atoms in total. The highest BCUT2D eigenvalue weighted by atomic mass is 16.3. The quantitative estimate of drug-likeness (QED) is 0.785. The number of carbonyl (C=O) groups is 1. The van der Waals surface area contributed by atoms with Gasteiger partial charge in [-0.05, 0) is 24.1 Å². The molecule has 3 N–H and O–H groups in total. The zero-order valence-electron chi connectivity index (χ0n) is 12.3. The van der Waals surface area contributed by atoms with Gasteiger partial charge in [0.15, 0.2) is 0 Å². The van der Waals surface area contributed by atoms with Gasteiger partial charge in [-0.15, -0.1) is 0 Å². The molecule has 0 spiro atoms. The van der Waals surface area contributed by atoms with Gasteiger partial charge < -0.3 is 20.3 Å². The van der Waals surface area contributed by atoms with Crippen LogP contribution in [0.25, 0.3) is 0 Å². The molecule has 22 heavy (non-hydrogen) atoms. The van der Waals surface area contributed by atoms with Crippen LogP contribution in [-0.2, 0) is 7.05 Å². The van der Waals surface area contributed by atoms with Crippen molar-refractivity contribution >= 4 is 11.7 Å². The summed E-state index contributed by atoms with van der Waals surface area (Å²) in [5.74, 6) is 0. The first-order chi connectivity index (χ1) is 10.6. The second-order valence-corrected chi connectivity index (χ2v) is 4.91. The molecular formula is C16H19N3O3. The molecule has 116 valence electrons. The van der Waals surface area contributed by atoms with Gasteiger partial charge in [0.05, 0.1) is 6.04 Å². The molecule has 0 aliphatic carbocycles. The van der Waals surface area contributed by atoms with Crippen LogP contribution >= 0.6 is 0 Å². The molecule has 0 radical (unpaired) electrons. The summed E-state index contributed by atoms with van der Waals surface area (Å²) in [6, 6.07) is 11.8. The highest BCUT2D eigenvalue weighted by Crippen LogP contribution is 2.16. The molecule has 0 saturated carbocycles. The summed E-state index contributed by atoms with van der Waals surface area (Å²) in [6.45, 7) is -0.0487. The second-order valence-electron chi connectivity index (χ2n) is 4.91. The fourth-order valence-electron chi connectivity index (χ4n) is 2.15. The van der Waals surface area contributed by atoms with E-state index in [0.717, 1.165) is 5.56 Å². The first kappa shape index (κ1) is 15.8. The van der Waals surface area contributed by atoms with Crippen molar-refractivity contribution in [2.75, 3.05) is 11.9 Å². The van der Waals surface area contributed by atoms with Gasteiger partial charge in [0.1, 0.15) is 5.69 Å². The molecule has 0 aliphatic rings. The average molecular weight is 301 g/mol. The Labute approximate surface area is 128 Å². The van der Waals surface area contributed by atoms with Gasteiger partial charge in [-0.2, -0.15) is 0 Å². The Morgan fingerprint density at radius 2 is 1.95 bits per heavy atom. The van der Waals surface area contributed by atoms with Crippen molar-refractivity contribution in [2.45, 2.75) is 12.5 Å². The number of rotatable bonds is 5. The Kier molecular flexibility index (Phi) is 5.32. The van der Waals surface area contributed by atoms with Crippen LogP contribution in [0, 0.1) is 0 Å². The van der Waals surface area contributed by atoms with Gasteiger partial charge in [0.2, 0.25) is 0 Å². The van der Waals surface area contributed by atoms with Gasteiger partial charge in [-0.25, -0.2) is 4.79 Å². The van der Waals surface area contributed by atoms with E-state index in [9.17, 15) is 9.59 Å². The van der Waals surface area contributed by atoms with E-state index in [1.54, 1.807) is 25.4 Å². The smallest absolute Gasteiger partial charge is 0.319 e. The summed E-state index contributed by atoms with van der Waals surface area (Å²) >= 11 is 0. The minimum Gasteiger partial charge on any atom is -0.396 e. The number of aliphatic hydroxyl groups is 1. The Hall–Kier alpha value is -2.60. The van der Waals surface area contributed by atoms with Crippen LogP contribution in [0.3, 0.4) is 0 Å². The van der Waals surface area contributed by atoms with Crippen LogP contribution in [0.5, 0.6) is 0 Å². The van der Waals surface area contributed by atoms with Crippen molar-refractivity contribution in [2.24, 2.45) is 7.05 Å². The molecule has 0 bridgehead atoms. The van der Waals surface area contributed by atoms with E-state index in [2.05, 4.69) is 10.6 Å². The lowest BCUT2D eigenvalue weighted by molar-refractivity contribution is 0.239. The van der Waals surface area contributed by atoms with Crippen molar-refractivity contribution in [3.8, 4) is 0 Å². The number of benzene rings is 1. The number of nitrogens with one attached hydrogen (secondary N) is 2. The highest BCUT2D eigenvalue weighted by Gasteiger charge is 2.14. The Balaban J connectivity index is 2.09. The normalized spacial score (nSPS) is 11.7. The zero-order valence-corrected chi connectivity index (χ0v) is 12.3. The molecule has 0 saturated heterocycles. The molecule has 1 heterocycles. The zero-order chi connectivity index (χ0) is 15.9. The molecule has 2 aromatic rings. The number of carbonyl (C=O) groups excluding carboxylic acids is 1. The van der Waals surface area contributed by atoms with Gasteiger partial charge in [0.25, 0.3) is 5.56 Å². The maximum atomic E-state index is 12.1. The Morgan fingerprint density at radius 3 is 2.64 bits per heavy atom. The van der Waals surface area contributed by atoms with Crippen molar-refractivity contribution in [1.29, 1.82) is 0 Å². The number of hydrogen-bond acceptors (Lipinski definition) is 3. The van der Waals surface area contributed by atoms with Crippen LogP contribution in [0.1, 0.15) is 18.0 Å². The topological polar surface area (TPSA) is 83.4 Å². The minimum absolute atomic E-state index is 0.0487. The molecule has 2 rings (SSSR count). The van der Waals surface area contributed by atoms with E-state index >= 15 is 0 Å². The largest absolute Gasteiger partial charge is 0.396 e. The maximum Gasteiger partial charge on any atom is 0.319 e. The van der Waals surface area contributed by atoms with Gasteiger partial charge in [-0.1, -0.05) is 30.3 Å². The van der Waals surface area contributed by atoms with Crippen molar-refractivity contribution in [1.82, 2.24) is 9.88 Å². The fourth-order valence-corrected chi connectivity index (χ4v) is 2.15.